The van der Waals surface area contributed by atoms with Crippen LogP contribution in [0.15, 0.2) is 48.5 Å². The Kier molecular flexibility index (Phi) is 3.16. The van der Waals surface area contributed by atoms with Crippen molar-refractivity contribution in [1.29, 1.82) is 0 Å². The Hall–Kier alpha value is -1.89. The molecule has 0 saturated carbocycles. The third-order valence-corrected chi connectivity index (χ3v) is 2.54. The number of ketones is 1. The maximum atomic E-state index is 11.8. The van der Waals surface area contributed by atoms with Gasteiger partial charge in [-0.3, -0.25) is 4.79 Å². The summed E-state index contributed by atoms with van der Waals surface area (Å²) in [6.07, 6.45) is 0.514. The van der Waals surface area contributed by atoms with E-state index in [-0.39, 0.29) is 5.78 Å². The molecule has 0 aliphatic carbocycles. The van der Waals surface area contributed by atoms with Crippen molar-refractivity contribution in [3.63, 3.8) is 0 Å². The van der Waals surface area contributed by atoms with Crippen LogP contribution in [-0.4, -0.2) is 5.78 Å². The van der Waals surface area contributed by atoms with Gasteiger partial charge in [-0.25, -0.2) is 0 Å². The minimum atomic E-state index is 0.138. The number of hydrogen-bond acceptors (Lipinski definition) is 1. The Morgan fingerprint density at radius 2 is 1.88 bits per heavy atom. The first-order valence-corrected chi connectivity index (χ1v) is 5.42. The number of rotatable bonds is 3. The highest BCUT2D eigenvalue weighted by Crippen LogP contribution is 2.23. The molecule has 16 heavy (non-hydrogen) atoms. The van der Waals surface area contributed by atoms with Crippen LogP contribution in [0.25, 0.3) is 11.1 Å². The SMILES string of the molecule is CCC(=O)c1[c]cccc1-c1ccccc1. The van der Waals surface area contributed by atoms with Gasteiger partial charge in [-0.2, -0.15) is 0 Å². The minimum absolute atomic E-state index is 0.138. The van der Waals surface area contributed by atoms with Crippen molar-refractivity contribution in [3.05, 3.63) is 60.2 Å². The normalized spacial score (nSPS) is 10.1. The summed E-state index contributed by atoms with van der Waals surface area (Å²) in [5.74, 6) is 0.138. The predicted octanol–water partition coefficient (Wildman–Crippen LogP) is 3.75. The summed E-state index contributed by atoms with van der Waals surface area (Å²) in [4.78, 5) is 11.8. The van der Waals surface area contributed by atoms with Crippen molar-refractivity contribution in [1.82, 2.24) is 0 Å². The molecule has 0 atom stereocenters. The predicted molar refractivity (Wildman–Crippen MR) is 65.3 cm³/mol. The van der Waals surface area contributed by atoms with Crippen LogP contribution in [0.1, 0.15) is 23.7 Å². The molecule has 0 amide bonds. The smallest absolute Gasteiger partial charge is 0.163 e. The maximum absolute atomic E-state index is 11.8. The molecule has 0 fully saturated rings. The first kappa shape index (κ1) is 10.6. The number of Topliss-reactive ketones (excluding diaryl/α,β-unsaturated/α-hetero) is 1. The fourth-order valence-electron chi connectivity index (χ4n) is 1.70. The van der Waals surface area contributed by atoms with E-state index in [0.717, 1.165) is 11.1 Å². The highest BCUT2D eigenvalue weighted by atomic mass is 16.1. The van der Waals surface area contributed by atoms with Crippen LogP contribution in [0, 0.1) is 6.07 Å². The second kappa shape index (κ2) is 4.75. The first-order valence-electron chi connectivity index (χ1n) is 5.42. The number of benzene rings is 2. The zero-order chi connectivity index (χ0) is 11.4. The lowest BCUT2D eigenvalue weighted by atomic mass is 9.96. The molecule has 0 unspecified atom stereocenters. The van der Waals surface area contributed by atoms with Crippen molar-refractivity contribution in [3.8, 4) is 11.1 Å². The third kappa shape index (κ3) is 2.03. The van der Waals surface area contributed by atoms with E-state index in [2.05, 4.69) is 6.07 Å². The van der Waals surface area contributed by atoms with E-state index in [4.69, 9.17) is 0 Å². The van der Waals surface area contributed by atoms with Gasteiger partial charge in [-0.15, -0.1) is 0 Å². The van der Waals surface area contributed by atoms with Gasteiger partial charge in [-0.1, -0.05) is 55.5 Å². The van der Waals surface area contributed by atoms with Gasteiger partial charge < -0.3 is 0 Å². The topological polar surface area (TPSA) is 17.1 Å². The van der Waals surface area contributed by atoms with E-state index in [1.165, 1.54) is 0 Å². The minimum Gasteiger partial charge on any atom is -0.294 e. The van der Waals surface area contributed by atoms with Gasteiger partial charge in [0, 0.05) is 12.0 Å². The fourth-order valence-corrected chi connectivity index (χ4v) is 1.70. The number of hydrogen-bond donors (Lipinski definition) is 0. The van der Waals surface area contributed by atoms with Gasteiger partial charge in [0.25, 0.3) is 0 Å². The van der Waals surface area contributed by atoms with Gasteiger partial charge in [-0.05, 0) is 17.2 Å². The van der Waals surface area contributed by atoms with E-state index in [0.29, 0.717) is 12.0 Å². The molecule has 2 aromatic rings. The van der Waals surface area contributed by atoms with E-state index >= 15 is 0 Å². The molecule has 0 N–H and O–H groups in total. The Labute approximate surface area is 95.7 Å². The zero-order valence-electron chi connectivity index (χ0n) is 9.23. The molecule has 0 aliphatic rings. The average molecular weight is 209 g/mol. The van der Waals surface area contributed by atoms with Crippen LogP contribution >= 0.6 is 0 Å². The summed E-state index contributed by atoms with van der Waals surface area (Å²) in [5, 5.41) is 0. The van der Waals surface area contributed by atoms with Gasteiger partial charge in [0.1, 0.15) is 0 Å². The zero-order valence-corrected chi connectivity index (χ0v) is 9.23. The van der Waals surface area contributed by atoms with Gasteiger partial charge in [0.05, 0.1) is 0 Å². The molecule has 0 saturated heterocycles. The maximum Gasteiger partial charge on any atom is 0.163 e. The lowest BCUT2D eigenvalue weighted by molar-refractivity contribution is 0.0988. The second-order valence-electron chi connectivity index (χ2n) is 3.60. The first-order chi connectivity index (χ1) is 7.83. The van der Waals surface area contributed by atoms with Crippen LogP contribution in [0.2, 0.25) is 0 Å². The molecule has 1 nitrogen and oxygen atoms in total. The van der Waals surface area contributed by atoms with Gasteiger partial charge in [0.15, 0.2) is 5.78 Å². The highest BCUT2D eigenvalue weighted by Gasteiger charge is 2.09. The number of carbonyl (C=O) groups is 1. The molecule has 0 aromatic heterocycles. The Morgan fingerprint density at radius 3 is 2.56 bits per heavy atom. The van der Waals surface area contributed by atoms with E-state index in [1.807, 2.05) is 49.4 Å². The molecule has 79 valence electrons. The van der Waals surface area contributed by atoms with E-state index < -0.39 is 0 Å². The molecule has 0 spiro atoms. The van der Waals surface area contributed by atoms with Crippen molar-refractivity contribution >= 4 is 5.78 Å². The summed E-state index contributed by atoms with van der Waals surface area (Å²) in [5.41, 5.74) is 2.72. The average Bonchev–Trinajstić information content (AvgIpc) is 2.39. The summed E-state index contributed by atoms with van der Waals surface area (Å²) in [6, 6.07) is 18.6. The highest BCUT2D eigenvalue weighted by molar-refractivity contribution is 6.01. The van der Waals surface area contributed by atoms with Crippen molar-refractivity contribution in [2.24, 2.45) is 0 Å². The third-order valence-electron chi connectivity index (χ3n) is 2.54. The molecular weight excluding hydrogens is 196 g/mol. The standard InChI is InChI=1S/C15H13O/c1-2-15(16)14-11-7-6-10-13(14)12-8-4-3-5-9-12/h3-10H,2H2,1H3. The molecular formula is C15H13O. The Bertz CT molecular complexity index is 486. The molecule has 0 bridgehead atoms. The Morgan fingerprint density at radius 1 is 1.12 bits per heavy atom. The van der Waals surface area contributed by atoms with Crippen molar-refractivity contribution < 1.29 is 4.79 Å². The Balaban J connectivity index is 2.53. The molecule has 0 aliphatic heterocycles. The van der Waals surface area contributed by atoms with Crippen molar-refractivity contribution in [2.45, 2.75) is 13.3 Å². The van der Waals surface area contributed by atoms with E-state index in [1.54, 1.807) is 6.07 Å². The fraction of sp³-hybridized carbons (Fsp3) is 0.133. The van der Waals surface area contributed by atoms with E-state index in [9.17, 15) is 4.79 Å². The molecule has 1 heteroatoms. The molecule has 2 aromatic carbocycles. The monoisotopic (exact) mass is 209 g/mol. The number of carbonyl (C=O) groups excluding carboxylic acids is 1. The summed E-state index contributed by atoms with van der Waals surface area (Å²) in [6.45, 7) is 1.87. The van der Waals surface area contributed by atoms with Crippen LogP contribution in [0.3, 0.4) is 0 Å². The van der Waals surface area contributed by atoms with Gasteiger partial charge in [0.2, 0.25) is 0 Å². The lowest BCUT2D eigenvalue weighted by Crippen LogP contribution is -1.99. The van der Waals surface area contributed by atoms with Crippen LogP contribution < -0.4 is 0 Å². The lowest BCUT2D eigenvalue weighted by Gasteiger charge is -2.07. The molecule has 0 heterocycles. The second-order valence-corrected chi connectivity index (χ2v) is 3.60. The van der Waals surface area contributed by atoms with Crippen LogP contribution in [-0.2, 0) is 0 Å². The largest absolute Gasteiger partial charge is 0.294 e. The van der Waals surface area contributed by atoms with Crippen LogP contribution in [0.4, 0.5) is 0 Å². The summed E-state index contributed by atoms with van der Waals surface area (Å²) in [7, 11) is 0. The summed E-state index contributed by atoms with van der Waals surface area (Å²) < 4.78 is 0. The van der Waals surface area contributed by atoms with Crippen LogP contribution in [0.5, 0.6) is 0 Å². The quantitative estimate of drug-likeness (QED) is 0.704. The van der Waals surface area contributed by atoms with Gasteiger partial charge >= 0.3 is 0 Å². The molecule has 2 rings (SSSR count). The molecule has 1 radical (unpaired) electrons. The van der Waals surface area contributed by atoms with Crippen molar-refractivity contribution in [2.75, 3.05) is 0 Å². The summed E-state index contributed by atoms with van der Waals surface area (Å²) >= 11 is 0.